The molecule has 0 amide bonds. The summed E-state index contributed by atoms with van der Waals surface area (Å²) in [6.07, 6.45) is 0. The number of aromatic hydroxyl groups is 1. The van der Waals surface area contributed by atoms with Gasteiger partial charge in [0.15, 0.2) is 0 Å². The van der Waals surface area contributed by atoms with E-state index in [1.807, 2.05) is 13.8 Å². The van der Waals surface area contributed by atoms with Gasteiger partial charge in [0, 0.05) is 6.07 Å². The molecule has 2 aromatic carbocycles. The fourth-order valence-electron chi connectivity index (χ4n) is 2.51. The van der Waals surface area contributed by atoms with E-state index in [-0.39, 0.29) is 22.9 Å². The third-order valence-corrected chi connectivity index (χ3v) is 3.84. The molecule has 3 aromatic rings. The Labute approximate surface area is 136 Å². The number of benzene rings is 2. The van der Waals surface area contributed by atoms with Gasteiger partial charge in [0.1, 0.15) is 5.82 Å². The molecule has 0 bridgehead atoms. The second kappa shape index (κ2) is 5.77. The largest absolute Gasteiger partial charge is 0.502 e. The predicted octanol–water partition coefficient (Wildman–Crippen LogP) is 3.33. The summed E-state index contributed by atoms with van der Waals surface area (Å²) in [5, 5.41) is 21.9. The Hall–Kier alpha value is -3.22. The molecule has 3 rings (SSSR count). The van der Waals surface area contributed by atoms with Crippen molar-refractivity contribution in [2.24, 2.45) is 0 Å². The van der Waals surface area contributed by atoms with E-state index in [0.717, 1.165) is 0 Å². The summed E-state index contributed by atoms with van der Waals surface area (Å²) in [6, 6.07) is 9.72. The lowest BCUT2D eigenvalue weighted by Crippen LogP contribution is -2.10. The van der Waals surface area contributed by atoms with Crippen LogP contribution in [0.2, 0.25) is 0 Å². The molecule has 0 aliphatic heterocycles. The molecule has 2 N–H and O–H groups in total. The Balaban J connectivity index is 2.33. The quantitative estimate of drug-likeness (QED) is 0.567. The Bertz CT molecular complexity index is 1010. The van der Waals surface area contributed by atoms with Crippen molar-refractivity contribution >= 4 is 16.6 Å². The van der Waals surface area contributed by atoms with Gasteiger partial charge in [0.05, 0.1) is 21.4 Å². The highest BCUT2D eigenvalue weighted by Gasteiger charge is 2.22. The van der Waals surface area contributed by atoms with E-state index < -0.39 is 16.4 Å². The van der Waals surface area contributed by atoms with Crippen molar-refractivity contribution in [2.75, 3.05) is 0 Å². The molecule has 24 heavy (non-hydrogen) atoms. The van der Waals surface area contributed by atoms with Crippen LogP contribution in [0.5, 0.6) is 5.75 Å². The van der Waals surface area contributed by atoms with Crippen molar-refractivity contribution in [2.45, 2.75) is 19.8 Å². The first kappa shape index (κ1) is 15.7. The van der Waals surface area contributed by atoms with Crippen LogP contribution in [0.15, 0.2) is 41.2 Å². The summed E-state index contributed by atoms with van der Waals surface area (Å²) in [5.74, 6) is -0.403. The molecule has 0 spiro atoms. The average molecular weight is 325 g/mol. The summed E-state index contributed by atoms with van der Waals surface area (Å²) in [7, 11) is 0. The van der Waals surface area contributed by atoms with Gasteiger partial charge in [-0.3, -0.25) is 14.9 Å². The van der Waals surface area contributed by atoms with Gasteiger partial charge >= 0.3 is 5.69 Å². The molecule has 1 heterocycles. The van der Waals surface area contributed by atoms with Crippen LogP contribution in [-0.4, -0.2) is 20.0 Å². The van der Waals surface area contributed by atoms with Crippen LogP contribution in [0.3, 0.4) is 0 Å². The predicted molar refractivity (Wildman–Crippen MR) is 90.2 cm³/mol. The van der Waals surface area contributed by atoms with Crippen LogP contribution in [0, 0.1) is 10.1 Å². The van der Waals surface area contributed by atoms with Crippen LogP contribution < -0.4 is 5.56 Å². The second-order valence-electron chi connectivity index (χ2n) is 5.78. The highest BCUT2D eigenvalue weighted by atomic mass is 16.6. The van der Waals surface area contributed by atoms with Crippen LogP contribution in [0.25, 0.3) is 22.3 Å². The number of rotatable bonds is 3. The molecule has 0 atom stereocenters. The fraction of sp³-hybridized carbons (Fsp3) is 0.176. The summed E-state index contributed by atoms with van der Waals surface area (Å²) >= 11 is 0. The Kier molecular flexibility index (Phi) is 3.76. The third kappa shape index (κ3) is 2.60. The monoisotopic (exact) mass is 325 g/mol. The van der Waals surface area contributed by atoms with E-state index in [4.69, 9.17) is 0 Å². The van der Waals surface area contributed by atoms with E-state index in [0.29, 0.717) is 16.5 Å². The maximum atomic E-state index is 12.2. The average Bonchev–Trinajstić information content (AvgIpc) is 2.54. The molecule has 0 unspecified atom stereocenters. The first-order valence-electron chi connectivity index (χ1n) is 7.39. The van der Waals surface area contributed by atoms with Crippen LogP contribution >= 0.6 is 0 Å². The summed E-state index contributed by atoms with van der Waals surface area (Å²) in [6.45, 7) is 3.77. The van der Waals surface area contributed by atoms with Gasteiger partial charge < -0.3 is 10.1 Å². The number of para-hydroxylation sites is 1. The van der Waals surface area contributed by atoms with Crippen molar-refractivity contribution < 1.29 is 10.0 Å². The Morgan fingerprint density at radius 3 is 2.62 bits per heavy atom. The number of H-pyrrole nitrogens is 1. The minimum Gasteiger partial charge on any atom is -0.502 e. The van der Waals surface area contributed by atoms with Crippen molar-refractivity contribution in [3.8, 4) is 17.1 Å². The molecule has 1 aromatic heterocycles. The number of hydrogen-bond donors (Lipinski definition) is 2. The number of phenolic OH excluding ortho intramolecular Hbond substituents is 1. The number of nitro groups is 1. The van der Waals surface area contributed by atoms with E-state index in [1.54, 1.807) is 30.3 Å². The topological polar surface area (TPSA) is 109 Å². The normalized spacial score (nSPS) is 11.1. The molecule has 0 saturated carbocycles. The Morgan fingerprint density at radius 1 is 1.25 bits per heavy atom. The van der Waals surface area contributed by atoms with Crippen molar-refractivity contribution in [3.05, 3.63) is 62.4 Å². The number of nitrogens with zero attached hydrogens (tertiary/aromatic N) is 2. The zero-order chi connectivity index (χ0) is 17.4. The van der Waals surface area contributed by atoms with Crippen LogP contribution in [-0.2, 0) is 0 Å². The lowest BCUT2D eigenvalue weighted by atomic mass is 9.98. The van der Waals surface area contributed by atoms with Crippen LogP contribution in [0.1, 0.15) is 25.3 Å². The SMILES string of the molecule is CC(C)c1cc(-c2nc3ccccc3c(=O)[nH]2)c(O)c([N+](=O)[O-])c1. The van der Waals surface area contributed by atoms with Crippen molar-refractivity contribution in [1.29, 1.82) is 0 Å². The minimum absolute atomic E-state index is 0.00947. The molecule has 0 radical (unpaired) electrons. The van der Waals surface area contributed by atoms with Gasteiger partial charge in [-0.2, -0.15) is 0 Å². The number of aromatic nitrogens is 2. The number of nitro benzene ring substituents is 1. The molecule has 0 aliphatic rings. The van der Waals surface area contributed by atoms with E-state index in [2.05, 4.69) is 9.97 Å². The second-order valence-corrected chi connectivity index (χ2v) is 5.78. The van der Waals surface area contributed by atoms with E-state index in [9.17, 15) is 20.0 Å². The molecular weight excluding hydrogens is 310 g/mol. The first-order chi connectivity index (χ1) is 11.4. The number of phenols is 1. The molecule has 0 fully saturated rings. The van der Waals surface area contributed by atoms with Gasteiger partial charge in [0.25, 0.3) is 5.56 Å². The van der Waals surface area contributed by atoms with Gasteiger partial charge in [-0.05, 0) is 29.7 Å². The molecule has 7 nitrogen and oxygen atoms in total. The van der Waals surface area contributed by atoms with Crippen molar-refractivity contribution in [3.63, 3.8) is 0 Å². The Morgan fingerprint density at radius 2 is 1.96 bits per heavy atom. The summed E-state index contributed by atoms with van der Waals surface area (Å²) in [4.78, 5) is 29.7. The molecule has 122 valence electrons. The molecule has 0 saturated heterocycles. The molecule has 0 aliphatic carbocycles. The van der Waals surface area contributed by atoms with E-state index in [1.165, 1.54) is 6.07 Å². The number of fused-ring (bicyclic) bond motifs is 1. The third-order valence-electron chi connectivity index (χ3n) is 3.84. The van der Waals surface area contributed by atoms with Gasteiger partial charge in [0.2, 0.25) is 5.75 Å². The summed E-state index contributed by atoms with van der Waals surface area (Å²) < 4.78 is 0. The van der Waals surface area contributed by atoms with Gasteiger partial charge in [-0.25, -0.2) is 4.98 Å². The number of nitrogens with one attached hydrogen (secondary N) is 1. The molecule has 7 heteroatoms. The highest BCUT2D eigenvalue weighted by Crippen LogP contribution is 2.38. The molecular formula is C17H15N3O4. The zero-order valence-corrected chi connectivity index (χ0v) is 13.1. The summed E-state index contributed by atoms with van der Waals surface area (Å²) in [5.41, 5.74) is 0.480. The highest BCUT2D eigenvalue weighted by molar-refractivity contribution is 5.81. The smallest absolute Gasteiger partial charge is 0.311 e. The maximum absolute atomic E-state index is 12.2. The minimum atomic E-state index is -0.649. The fourth-order valence-corrected chi connectivity index (χ4v) is 2.51. The number of hydrogen-bond acceptors (Lipinski definition) is 5. The lowest BCUT2D eigenvalue weighted by Gasteiger charge is -2.11. The van der Waals surface area contributed by atoms with Gasteiger partial charge in [-0.15, -0.1) is 0 Å². The first-order valence-corrected chi connectivity index (χ1v) is 7.39. The zero-order valence-electron chi connectivity index (χ0n) is 13.1. The van der Waals surface area contributed by atoms with Crippen LogP contribution in [0.4, 0.5) is 5.69 Å². The number of aromatic amines is 1. The lowest BCUT2D eigenvalue weighted by molar-refractivity contribution is -0.385. The maximum Gasteiger partial charge on any atom is 0.311 e. The van der Waals surface area contributed by atoms with Gasteiger partial charge in [-0.1, -0.05) is 26.0 Å². The van der Waals surface area contributed by atoms with Crippen molar-refractivity contribution in [1.82, 2.24) is 9.97 Å². The van der Waals surface area contributed by atoms with E-state index >= 15 is 0 Å². The standard InChI is InChI=1S/C17H15N3O4/c1-9(2)10-7-12(15(21)14(8-10)20(23)24)16-18-13-6-4-3-5-11(13)17(22)19-16/h3-9,21H,1-2H3,(H,18,19,22).